The fourth-order valence-electron chi connectivity index (χ4n) is 2.46. The van der Waals surface area contributed by atoms with Crippen molar-refractivity contribution in [2.75, 3.05) is 30.9 Å². The van der Waals surface area contributed by atoms with Crippen molar-refractivity contribution in [3.05, 3.63) is 47.3 Å². The molecule has 0 atom stereocenters. The van der Waals surface area contributed by atoms with Crippen molar-refractivity contribution < 1.29 is 4.74 Å². The van der Waals surface area contributed by atoms with Crippen molar-refractivity contribution in [2.45, 2.75) is 27.2 Å². The van der Waals surface area contributed by atoms with Crippen molar-refractivity contribution in [1.29, 1.82) is 0 Å². The van der Waals surface area contributed by atoms with Crippen LogP contribution >= 0.6 is 12.2 Å². The molecule has 8 heteroatoms. The molecule has 0 spiro atoms. The molecule has 0 unspecified atom stereocenters. The number of nitrogens with one attached hydrogen (secondary N) is 3. The maximum atomic E-state index is 5.45. The maximum absolute atomic E-state index is 5.45. The lowest BCUT2D eigenvalue weighted by Gasteiger charge is -2.15. The highest BCUT2D eigenvalue weighted by Gasteiger charge is 2.08. The zero-order valence-corrected chi connectivity index (χ0v) is 17.0. The minimum Gasteiger partial charge on any atom is -0.383 e. The summed E-state index contributed by atoms with van der Waals surface area (Å²) < 4.78 is 5.07. The van der Waals surface area contributed by atoms with Crippen molar-refractivity contribution in [1.82, 2.24) is 15.3 Å². The number of ether oxygens (including phenoxy) is 1. The third-order valence-corrected chi connectivity index (χ3v) is 3.86. The molecule has 0 saturated carbocycles. The highest BCUT2D eigenvalue weighted by molar-refractivity contribution is 7.80. The van der Waals surface area contributed by atoms with E-state index in [0.29, 0.717) is 30.2 Å². The number of aromatic nitrogens is 2. The number of benzene rings is 1. The van der Waals surface area contributed by atoms with Gasteiger partial charge in [-0.05, 0) is 50.2 Å². The van der Waals surface area contributed by atoms with E-state index in [-0.39, 0.29) is 0 Å². The Bertz CT molecular complexity index is 788. The molecule has 0 bridgehead atoms. The second kappa shape index (κ2) is 10.5. The van der Waals surface area contributed by atoms with Gasteiger partial charge in [-0.1, -0.05) is 25.1 Å². The molecule has 144 valence electrons. The molecular weight excluding hydrogens is 360 g/mol. The van der Waals surface area contributed by atoms with Crippen LogP contribution in [0.2, 0.25) is 0 Å². The molecule has 7 nitrogen and oxygen atoms in total. The van der Waals surface area contributed by atoms with Crippen LogP contribution in [0.1, 0.15) is 23.9 Å². The van der Waals surface area contributed by atoms with Crippen LogP contribution in [0.4, 0.5) is 11.6 Å². The summed E-state index contributed by atoms with van der Waals surface area (Å²) >= 11 is 5.45. The zero-order valence-electron chi connectivity index (χ0n) is 16.2. The summed E-state index contributed by atoms with van der Waals surface area (Å²) in [6.07, 6.45) is 0.912. The zero-order chi connectivity index (χ0) is 19.6. The third kappa shape index (κ3) is 6.92. The number of nitrogens with zero attached hydrogens (tertiary/aromatic N) is 3. The van der Waals surface area contributed by atoms with E-state index in [1.165, 1.54) is 5.56 Å². The summed E-state index contributed by atoms with van der Waals surface area (Å²) in [7, 11) is 1.64. The van der Waals surface area contributed by atoms with Crippen LogP contribution in [0.25, 0.3) is 0 Å². The fraction of sp³-hybridized carbons (Fsp3) is 0.368. The molecule has 0 radical (unpaired) electrons. The largest absolute Gasteiger partial charge is 0.383 e. The number of guanidine groups is 1. The lowest BCUT2D eigenvalue weighted by molar-refractivity contribution is 0.208. The van der Waals surface area contributed by atoms with Crippen molar-refractivity contribution in [3.8, 4) is 0 Å². The standard InChI is InChI=1S/C19H26N6OS/c1-5-15-8-6-7-9-16(15)23-19(27)25-17(20-10-11-26-4)24-18-21-13(2)12-14(3)22-18/h6-9,12H,5,10-11H2,1-4H3,(H3,20,21,22,23,24,25,27). The monoisotopic (exact) mass is 386 g/mol. The molecule has 0 aliphatic heterocycles. The topological polar surface area (TPSA) is 83.5 Å². The summed E-state index contributed by atoms with van der Waals surface area (Å²) in [5.74, 6) is 0.927. The predicted molar refractivity (Wildman–Crippen MR) is 114 cm³/mol. The Kier molecular flexibility index (Phi) is 8.09. The smallest absolute Gasteiger partial charge is 0.229 e. The Morgan fingerprint density at radius 1 is 1.15 bits per heavy atom. The lowest BCUT2D eigenvalue weighted by atomic mass is 10.1. The van der Waals surface area contributed by atoms with Crippen LogP contribution < -0.4 is 16.0 Å². The molecule has 0 aliphatic carbocycles. The highest BCUT2D eigenvalue weighted by Crippen LogP contribution is 2.15. The van der Waals surface area contributed by atoms with Gasteiger partial charge in [-0.3, -0.25) is 10.3 Å². The third-order valence-electron chi connectivity index (χ3n) is 3.66. The summed E-state index contributed by atoms with van der Waals surface area (Å²) in [5, 5.41) is 9.84. The van der Waals surface area contributed by atoms with Crippen molar-refractivity contribution in [3.63, 3.8) is 0 Å². The molecule has 0 aliphatic rings. The van der Waals surface area contributed by atoms with E-state index in [1.807, 2.05) is 38.1 Å². The summed E-state index contributed by atoms with van der Waals surface area (Å²) in [6, 6.07) is 9.96. The first-order valence-electron chi connectivity index (χ1n) is 8.80. The van der Waals surface area contributed by atoms with Crippen LogP contribution in [0.3, 0.4) is 0 Å². The molecule has 0 amide bonds. The van der Waals surface area contributed by atoms with Gasteiger partial charge in [0.1, 0.15) is 0 Å². The van der Waals surface area contributed by atoms with Gasteiger partial charge in [0.2, 0.25) is 11.9 Å². The number of rotatable bonds is 6. The number of methoxy groups -OCH3 is 1. The summed E-state index contributed by atoms with van der Waals surface area (Å²) in [6.45, 7) is 6.92. The Morgan fingerprint density at radius 2 is 1.85 bits per heavy atom. The molecule has 1 heterocycles. The van der Waals surface area contributed by atoms with Gasteiger partial charge in [0, 0.05) is 24.2 Å². The summed E-state index contributed by atoms with van der Waals surface area (Å²) in [4.78, 5) is 13.2. The van der Waals surface area contributed by atoms with Crippen LogP contribution in [-0.4, -0.2) is 41.3 Å². The molecule has 0 saturated heterocycles. The number of aliphatic imine (C=N–C) groups is 1. The van der Waals surface area contributed by atoms with Gasteiger partial charge >= 0.3 is 0 Å². The summed E-state index contributed by atoms with van der Waals surface area (Å²) in [5.41, 5.74) is 3.90. The number of thiocarbonyl (C=S) groups is 1. The van der Waals surface area contributed by atoms with Crippen LogP contribution in [-0.2, 0) is 11.2 Å². The Morgan fingerprint density at radius 3 is 2.52 bits per heavy atom. The number of para-hydroxylation sites is 1. The first-order valence-corrected chi connectivity index (χ1v) is 9.21. The van der Waals surface area contributed by atoms with E-state index < -0.39 is 0 Å². The number of aryl methyl sites for hydroxylation is 3. The molecule has 1 aromatic carbocycles. The average molecular weight is 387 g/mol. The molecule has 2 aromatic rings. The Balaban J connectivity index is 2.11. The van der Waals surface area contributed by atoms with Gasteiger partial charge < -0.3 is 15.4 Å². The SMILES string of the molecule is CCc1ccccc1NC(=S)NC(=NCCOC)Nc1nc(C)cc(C)n1. The number of hydrogen-bond donors (Lipinski definition) is 3. The van der Waals surface area contributed by atoms with Crippen LogP contribution in [0.15, 0.2) is 35.3 Å². The second-order valence-electron chi connectivity index (χ2n) is 5.91. The first-order chi connectivity index (χ1) is 13.0. The minimum atomic E-state index is 0.434. The molecule has 27 heavy (non-hydrogen) atoms. The highest BCUT2D eigenvalue weighted by atomic mass is 32.1. The van der Waals surface area contributed by atoms with Crippen LogP contribution in [0.5, 0.6) is 0 Å². The van der Waals surface area contributed by atoms with E-state index in [0.717, 1.165) is 23.5 Å². The van der Waals surface area contributed by atoms with Gasteiger partial charge in [-0.25, -0.2) is 9.97 Å². The van der Waals surface area contributed by atoms with E-state index >= 15 is 0 Å². The van der Waals surface area contributed by atoms with E-state index in [9.17, 15) is 0 Å². The molecule has 2 rings (SSSR count). The Labute approximate surface area is 165 Å². The number of anilines is 2. The van der Waals surface area contributed by atoms with E-state index in [1.54, 1.807) is 7.11 Å². The molecule has 0 fully saturated rings. The molecule has 3 N–H and O–H groups in total. The Hall–Kier alpha value is -2.58. The van der Waals surface area contributed by atoms with Gasteiger partial charge in [0.05, 0.1) is 13.2 Å². The minimum absolute atomic E-state index is 0.434. The lowest BCUT2D eigenvalue weighted by Crippen LogP contribution is -2.39. The predicted octanol–water partition coefficient (Wildman–Crippen LogP) is 3.06. The van der Waals surface area contributed by atoms with Crippen molar-refractivity contribution in [2.24, 2.45) is 4.99 Å². The maximum Gasteiger partial charge on any atom is 0.229 e. The molecule has 1 aromatic heterocycles. The van der Waals surface area contributed by atoms with Gasteiger partial charge in [0.25, 0.3) is 0 Å². The normalized spacial score (nSPS) is 11.2. The average Bonchev–Trinajstić information content (AvgIpc) is 2.61. The van der Waals surface area contributed by atoms with Gasteiger partial charge in [-0.15, -0.1) is 0 Å². The van der Waals surface area contributed by atoms with Crippen LogP contribution in [0, 0.1) is 13.8 Å². The molecular formula is C19H26N6OS. The van der Waals surface area contributed by atoms with Crippen molar-refractivity contribution >= 4 is 34.9 Å². The quantitative estimate of drug-likeness (QED) is 0.305. The van der Waals surface area contributed by atoms with E-state index in [4.69, 9.17) is 17.0 Å². The second-order valence-corrected chi connectivity index (χ2v) is 6.32. The van der Waals surface area contributed by atoms with Gasteiger partial charge in [-0.2, -0.15) is 0 Å². The first kappa shape index (κ1) is 20.7. The fourth-order valence-corrected chi connectivity index (χ4v) is 2.67. The van der Waals surface area contributed by atoms with Gasteiger partial charge in [0.15, 0.2) is 5.11 Å². The number of hydrogen-bond acceptors (Lipinski definition) is 5. The van der Waals surface area contributed by atoms with E-state index in [2.05, 4.69) is 43.9 Å².